The molecule has 0 amide bonds. The molecule has 4 nitrogen and oxygen atoms in total. The highest BCUT2D eigenvalue weighted by atomic mass is 19.1. The standard InChI is InChI=1S/C25H29FO4/c1-2-3-4-5-24(27)29-22-16-10-20(11-17-22)25(28)30-23-14-8-19(9-15-23)18-6-12-21(26)13-7-18/h6-9,12-15,20,22H,2-5,10-11,16-17H2,1H3/t20-,22-. The van der Waals surface area contributed by atoms with E-state index >= 15 is 0 Å². The van der Waals surface area contributed by atoms with Crippen molar-refractivity contribution in [2.75, 3.05) is 0 Å². The van der Waals surface area contributed by atoms with Crippen LogP contribution in [-0.4, -0.2) is 18.0 Å². The van der Waals surface area contributed by atoms with Crippen molar-refractivity contribution in [3.05, 3.63) is 54.3 Å². The van der Waals surface area contributed by atoms with E-state index in [1.54, 1.807) is 24.3 Å². The van der Waals surface area contributed by atoms with E-state index in [2.05, 4.69) is 6.92 Å². The molecule has 0 N–H and O–H groups in total. The minimum atomic E-state index is -0.273. The number of halogens is 1. The number of rotatable bonds is 8. The van der Waals surface area contributed by atoms with Crippen LogP contribution in [0.5, 0.6) is 5.75 Å². The van der Waals surface area contributed by atoms with E-state index in [0.717, 1.165) is 30.4 Å². The molecule has 0 saturated heterocycles. The van der Waals surface area contributed by atoms with E-state index in [-0.39, 0.29) is 29.8 Å². The van der Waals surface area contributed by atoms with Crippen molar-refractivity contribution >= 4 is 11.9 Å². The van der Waals surface area contributed by atoms with Gasteiger partial charge in [-0.2, -0.15) is 0 Å². The number of benzene rings is 2. The molecule has 1 aliphatic rings. The van der Waals surface area contributed by atoms with Gasteiger partial charge in [0.15, 0.2) is 0 Å². The van der Waals surface area contributed by atoms with Crippen molar-refractivity contribution in [3.8, 4) is 16.9 Å². The number of unbranched alkanes of at least 4 members (excludes halogenated alkanes) is 2. The zero-order valence-electron chi connectivity index (χ0n) is 17.4. The maximum absolute atomic E-state index is 13.1. The molecule has 0 radical (unpaired) electrons. The van der Waals surface area contributed by atoms with Crippen molar-refractivity contribution in [2.24, 2.45) is 5.92 Å². The first kappa shape index (κ1) is 22.0. The van der Waals surface area contributed by atoms with Crippen LogP contribution in [0.1, 0.15) is 58.3 Å². The van der Waals surface area contributed by atoms with Crippen molar-refractivity contribution in [1.29, 1.82) is 0 Å². The van der Waals surface area contributed by atoms with Crippen LogP contribution in [0.25, 0.3) is 11.1 Å². The lowest BCUT2D eigenvalue weighted by molar-refractivity contribution is -0.152. The molecule has 1 fully saturated rings. The average Bonchev–Trinajstić information content (AvgIpc) is 2.75. The highest BCUT2D eigenvalue weighted by Gasteiger charge is 2.29. The van der Waals surface area contributed by atoms with Crippen LogP contribution in [0.15, 0.2) is 48.5 Å². The molecule has 2 aromatic carbocycles. The van der Waals surface area contributed by atoms with Gasteiger partial charge in [0.25, 0.3) is 0 Å². The van der Waals surface area contributed by atoms with Gasteiger partial charge in [-0.1, -0.05) is 44.0 Å². The van der Waals surface area contributed by atoms with Crippen LogP contribution in [-0.2, 0) is 14.3 Å². The zero-order valence-corrected chi connectivity index (χ0v) is 17.4. The molecule has 0 spiro atoms. The number of hydrogen-bond donors (Lipinski definition) is 0. The maximum Gasteiger partial charge on any atom is 0.314 e. The van der Waals surface area contributed by atoms with Gasteiger partial charge in [0.05, 0.1) is 5.92 Å². The van der Waals surface area contributed by atoms with E-state index in [4.69, 9.17) is 9.47 Å². The first-order chi connectivity index (χ1) is 14.5. The van der Waals surface area contributed by atoms with E-state index in [0.29, 0.717) is 37.9 Å². The van der Waals surface area contributed by atoms with Gasteiger partial charge in [-0.15, -0.1) is 0 Å². The van der Waals surface area contributed by atoms with Crippen LogP contribution in [0.2, 0.25) is 0 Å². The average molecular weight is 413 g/mol. The van der Waals surface area contributed by atoms with Crippen molar-refractivity contribution < 1.29 is 23.5 Å². The SMILES string of the molecule is CCCCCC(=O)O[C@H]1CC[C@H](C(=O)Oc2ccc(-c3ccc(F)cc3)cc2)CC1. The molecular weight excluding hydrogens is 383 g/mol. The Morgan fingerprint density at radius 3 is 2.10 bits per heavy atom. The Hall–Kier alpha value is -2.69. The number of carbonyl (C=O) groups is 2. The minimum Gasteiger partial charge on any atom is -0.462 e. The highest BCUT2D eigenvalue weighted by molar-refractivity contribution is 5.75. The molecular formula is C25H29FO4. The third-order valence-corrected chi connectivity index (χ3v) is 5.54. The summed E-state index contributed by atoms with van der Waals surface area (Å²) in [6.45, 7) is 2.10. The fraction of sp³-hybridized carbons (Fsp3) is 0.440. The summed E-state index contributed by atoms with van der Waals surface area (Å²) < 4.78 is 24.1. The maximum atomic E-state index is 13.1. The molecule has 30 heavy (non-hydrogen) atoms. The molecule has 0 bridgehead atoms. The van der Waals surface area contributed by atoms with Gasteiger partial charge in [0.2, 0.25) is 0 Å². The lowest BCUT2D eigenvalue weighted by Crippen LogP contribution is -2.30. The summed E-state index contributed by atoms with van der Waals surface area (Å²) in [7, 11) is 0. The normalized spacial score (nSPS) is 18.6. The highest BCUT2D eigenvalue weighted by Crippen LogP contribution is 2.29. The number of ether oxygens (including phenoxy) is 2. The molecule has 0 aliphatic heterocycles. The third-order valence-electron chi connectivity index (χ3n) is 5.54. The molecule has 0 heterocycles. The molecule has 1 aliphatic carbocycles. The second-order valence-electron chi connectivity index (χ2n) is 7.87. The summed E-state index contributed by atoms with van der Waals surface area (Å²) in [5.41, 5.74) is 1.83. The van der Waals surface area contributed by atoms with Gasteiger partial charge in [0, 0.05) is 6.42 Å². The third kappa shape index (κ3) is 6.41. The van der Waals surface area contributed by atoms with Gasteiger partial charge in [-0.05, 0) is 67.5 Å². The van der Waals surface area contributed by atoms with Crippen LogP contribution < -0.4 is 4.74 Å². The van der Waals surface area contributed by atoms with Gasteiger partial charge in [-0.25, -0.2) is 4.39 Å². The molecule has 3 rings (SSSR count). The molecule has 1 saturated carbocycles. The summed E-state index contributed by atoms with van der Waals surface area (Å²) in [6.07, 6.45) is 6.11. The summed E-state index contributed by atoms with van der Waals surface area (Å²) in [6, 6.07) is 13.5. The second kappa shape index (κ2) is 10.9. The predicted molar refractivity (Wildman–Crippen MR) is 113 cm³/mol. The Labute approximate surface area is 177 Å². The van der Waals surface area contributed by atoms with Gasteiger partial charge in [-0.3, -0.25) is 9.59 Å². The first-order valence-electron chi connectivity index (χ1n) is 10.8. The topological polar surface area (TPSA) is 52.6 Å². The predicted octanol–water partition coefficient (Wildman–Crippen LogP) is 6.08. The summed E-state index contributed by atoms with van der Waals surface area (Å²) in [5.74, 6) is -0.314. The van der Waals surface area contributed by atoms with Gasteiger partial charge >= 0.3 is 11.9 Å². The quantitative estimate of drug-likeness (QED) is 0.299. The van der Waals surface area contributed by atoms with Crippen molar-refractivity contribution in [2.45, 2.75) is 64.4 Å². The van der Waals surface area contributed by atoms with Crippen LogP contribution in [0.4, 0.5) is 4.39 Å². The minimum absolute atomic E-state index is 0.0850. The van der Waals surface area contributed by atoms with Crippen LogP contribution in [0, 0.1) is 11.7 Å². The van der Waals surface area contributed by atoms with Crippen LogP contribution in [0.3, 0.4) is 0 Å². The van der Waals surface area contributed by atoms with Crippen molar-refractivity contribution in [3.63, 3.8) is 0 Å². The summed E-state index contributed by atoms with van der Waals surface area (Å²) in [5, 5.41) is 0. The van der Waals surface area contributed by atoms with E-state index in [9.17, 15) is 14.0 Å². The van der Waals surface area contributed by atoms with Crippen molar-refractivity contribution in [1.82, 2.24) is 0 Å². The molecule has 0 aromatic heterocycles. The lowest BCUT2D eigenvalue weighted by Gasteiger charge is -2.27. The van der Waals surface area contributed by atoms with Gasteiger partial charge < -0.3 is 9.47 Å². The molecule has 0 unspecified atom stereocenters. The van der Waals surface area contributed by atoms with Crippen LogP contribution >= 0.6 is 0 Å². The van der Waals surface area contributed by atoms with Gasteiger partial charge in [0.1, 0.15) is 17.7 Å². The number of hydrogen-bond acceptors (Lipinski definition) is 4. The monoisotopic (exact) mass is 412 g/mol. The number of esters is 2. The summed E-state index contributed by atoms with van der Waals surface area (Å²) >= 11 is 0. The molecule has 0 atom stereocenters. The smallest absolute Gasteiger partial charge is 0.314 e. The zero-order chi connectivity index (χ0) is 21.3. The van der Waals surface area contributed by atoms with E-state index < -0.39 is 0 Å². The Bertz CT molecular complexity index is 821. The Morgan fingerprint density at radius 1 is 0.900 bits per heavy atom. The fourth-order valence-corrected chi connectivity index (χ4v) is 3.74. The second-order valence-corrected chi connectivity index (χ2v) is 7.87. The molecule has 160 valence electrons. The Balaban J connectivity index is 1.44. The van der Waals surface area contributed by atoms with E-state index in [1.165, 1.54) is 12.1 Å². The molecule has 2 aromatic rings. The number of carbonyl (C=O) groups excluding carboxylic acids is 2. The fourth-order valence-electron chi connectivity index (χ4n) is 3.74. The summed E-state index contributed by atoms with van der Waals surface area (Å²) in [4.78, 5) is 24.3. The lowest BCUT2D eigenvalue weighted by atomic mass is 9.87. The molecule has 5 heteroatoms. The Kier molecular flexibility index (Phi) is 8.00. The largest absolute Gasteiger partial charge is 0.462 e. The van der Waals surface area contributed by atoms with E-state index in [1.807, 2.05) is 12.1 Å². The Morgan fingerprint density at radius 2 is 1.50 bits per heavy atom. The first-order valence-corrected chi connectivity index (χ1v) is 10.8.